The van der Waals surface area contributed by atoms with Crippen molar-refractivity contribution in [2.75, 3.05) is 13.7 Å². The van der Waals surface area contributed by atoms with E-state index in [1.165, 1.54) is 37.4 Å². The lowest BCUT2D eigenvalue weighted by Gasteiger charge is -2.20. The number of aromatic nitrogens is 1. The molecule has 2 unspecified atom stereocenters. The Kier molecular flexibility index (Phi) is 8.78. The summed E-state index contributed by atoms with van der Waals surface area (Å²) in [5, 5.41) is 2.54. The van der Waals surface area contributed by atoms with Gasteiger partial charge in [0.2, 0.25) is 5.75 Å². The smallest absolute Gasteiger partial charge is 0.328 e. The lowest BCUT2D eigenvalue weighted by Crippen LogP contribution is -2.40. The number of hydrogen-bond donors (Lipinski definition) is 1. The van der Waals surface area contributed by atoms with Crippen LogP contribution in [0.25, 0.3) is 0 Å². The van der Waals surface area contributed by atoms with Crippen molar-refractivity contribution in [3.8, 4) is 11.5 Å². The second kappa shape index (κ2) is 11.3. The fraction of sp³-hybridized carbons (Fsp3) is 0.478. The number of esters is 2. The molecular weight excluding hydrogens is 400 g/mol. The van der Waals surface area contributed by atoms with E-state index in [0.29, 0.717) is 0 Å². The quantitative estimate of drug-likeness (QED) is 0.599. The van der Waals surface area contributed by atoms with Crippen LogP contribution in [0.2, 0.25) is 0 Å². The van der Waals surface area contributed by atoms with Crippen molar-refractivity contribution >= 4 is 17.8 Å². The van der Waals surface area contributed by atoms with Crippen molar-refractivity contribution < 1.29 is 28.6 Å². The number of pyridine rings is 1. The van der Waals surface area contributed by atoms with Crippen LogP contribution in [0.5, 0.6) is 11.5 Å². The number of allylic oxidation sites excluding steroid dienone is 3. The van der Waals surface area contributed by atoms with Gasteiger partial charge in [-0.2, -0.15) is 0 Å². The summed E-state index contributed by atoms with van der Waals surface area (Å²) in [7, 11) is 1.39. The number of amides is 1. The van der Waals surface area contributed by atoms with Crippen LogP contribution in [0.1, 0.15) is 57.4 Å². The molecule has 0 saturated carbocycles. The third-order valence-corrected chi connectivity index (χ3v) is 4.99. The Morgan fingerprint density at radius 2 is 2.00 bits per heavy atom. The zero-order valence-corrected chi connectivity index (χ0v) is 18.7. The topological polar surface area (TPSA) is 104 Å². The predicted molar refractivity (Wildman–Crippen MR) is 115 cm³/mol. The highest BCUT2D eigenvalue weighted by Crippen LogP contribution is 2.30. The second-order valence-electron chi connectivity index (χ2n) is 7.42. The predicted octanol–water partition coefficient (Wildman–Crippen LogP) is 3.37. The van der Waals surface area contributed by atoms with Crippen LogP contribution in [0.15, 0.2) is 35.6 Å². The van der Waals surface area contributed by atoms with Gasteiger partial charge in [0.05, 0.1) is 13.7 Å². The summed E-state index contributed by atoms with van der Waals surface area (Å²) in [5.74, 6) is -1.62. The molecule has 0 aliphatic heterocycles. The highest BCUT2D eigenvalue weighted by atomic mass is 16.6. The summed E-state index contributed by atoms with van der Waals surface area (Å²) in [6.07, 6.45) is 7.71. The first-order chi connectivity index (χ1) is 14.8. The molecule has 0 radical (unpaired) electrons. The highest BCUT2D eigenvalue weighted by Gasteiger charge is 2.25. The van der Waals surface area contributed by atoms with Crippen LogP contribution >= 0.6 is 0 Å². The number of rotatable bonds is 9. The van der Waals surface area contributed by atoms with Gasteiger partial charge in [0.25, 0.3) is 5.91 Å². The molecule has 31 heavy (non-hydrogen) atoms. The van der Waals surface area contributed by atoms with Gasteiger partial charge in [0.15, 0.2) is 11.4 Å². The van der Waals surface area contributed by atoms with Gasteiger partial charge in [-0.1, -0.05) is 31.6 Å². The lowest BCUT2D eigenvalue weighted by atomic mass is 9.90. The Labute approximate surface area is 182 Å². The molecule has 8 heteroatoms. The van der Waals surface area contributed by atoms with Gasteiger partial charge in [-0.3, -0.25) is 9.59 Å². The van der Waals surface area contributed by atoms with Crippen molar-refractivity contribution in [3.05, 3.63) is 41.3 Å². The van der Waals surface area contributed by atoms with Gasteiger partial charge in [0.1, 0.15) is 6.04 Å². The zero-order chi connectivity index (χ0) is 23.0. The summed E-state index contributed by atoms with van der Waals surface area (Å²) in [5.41, 5.74) is 2.33. The molecule has 0 saturated heterocycles. The Morgan fingerprint density at radius 1 is 1.26 bits per heavy atom. The second-order valence-corrected chi connectivity index (χ2v) is 7.42. The normalized spacial score (nSPS) is 15.1. The lowest BCUT2D eigenvalue weighted by molar-refractivity contribution is -0.146. The minimum Gasteiger partial charge on any atom is -0.493 e. The van der Waals surface area contributed by atoms with Crippen molar-refractivity contribution in [2.45, 2.75) is 53.0 Å². The maximum absolute atomic E-state index is 12.7. The van der Waals surface area contributed by atoms with Crippen LogP contribution in [-0.2, 0) is 14.3 Å². The first-order valence-electron chi connectivity index (χ1n) is 10.4. The standard InChI is InChI=1S/C23H30N2O6/c1-6-19(26)31-21-18(29-5)11-12-24-20(21)22(27)25-16(4)23(28)30-13-15(3)17-10-8-7-9-14(17)2/h8,10-12,15-16H,6-7,9,13H2,1-5H3,(H,25,27). The Bertz CT molecular complexity index is 890. The van der Waals surface area contributed by atoms with Crippen LogP contribution < -0.4 is 14.8 Å². The minimum atomic E-state index is -0.917. The summed E-state index contributed by atoms with van der Waals surface area (Å²) >= 11 is 0. The number of carbonyl (C=O) groups excluding carboxylic acids is 3. The molecule has 2 atom stereocenters. The third kappa shape index (κ3) is 6.41. The van der Waals surface area contributed by atoms with Gasteiger partial charge in [0, 0.05) is 24.6 Å². The number of ether oxygens (including phenoxy) is 3. The van der Waals surface area contributed by atoms with Gasteiger partial charge >= 0.3 is 11.9 Å². The van der Waals surface area contributed by atoms with Crippen LogP contribution in [0.4, 0.5) is 0 Å². The SMILES string of the molecule is CCC(=O)Oc1c(OC)ccnc1C(=O)NC(C)C(=O)OCC(C)C1=C(C)CCC=C1. The van der Waals surface area contributed by atoms with E-state index in [-0.39, 0.29) is 36.1 Å². The summed E-state index contributed by atoms with van der Waals surface area (Å²) in [6, 6.07) is 0.559. The fourth-order valence-electron chi connectivity index (χ4n) is 3.17. The molecule has 0 bridgehead atoms. The largest absolute Gasteiger partial charge is 0.493 e. The molecule has 0 fully saturated rings. The zero-order valence-electron chi connectivity index (χ0n) is 18.7. The average Bonchev–Trinajstić information content (AvgIpc) is 2.77. The van der Waals surface area contributed by atoms with Gasteiger partial charge in [-0.05, 0) is 32.3 Å². The van der Waals surface area contributed by atoms with E-state index < -0.39 is 23.9 Å². The van der Waals surface area contributed by atoms with Crippen molar-refractivity contribution in [2.24, 2.45) is 5.92 Å². The summed E-state index contributed by atoms with van der Waals surface area (Å²) in [6.45, 7) is 7.45. The molecule has 1 aliphatic rings. The maximum atomic E-state index is 12.7. The van der Waals surface area contributed by atoms with Crippen molar-refractivity contribution in [1.82, 2.24) is 10.3 Å². The molecule has 2 rings (SSSR count). The Morgan fingerprint density at radius 3 is 2.65 bits per heavy atom. The van der Waals surface area contributed by atoms with E-state index >= 15 is 0 Å². The minimum absolute atomic E-state index is 0.0588. The van der Waals surface area contributed by atoms with Crippen molar-refractivity contribution in [3.63, 3.8) is 0 Å². The molecule has 0 spiro atoms. The number of nitrogens with zero attached hydrogens (tertiary/aromatic N) is 1. The third-order valence-electron chi connectivity index (χ3n) is 4.99. The summed E-state index contributed by atoms with van der Waals surface area (Å²) < 4.78 is 15.8. The highest BCUT2D eigenvalue weighted by molar-refractivity contribution is 5.98. The van der Waals surface area contributed by atoms with E-state index in [1.807, 2.05) is 6.92 Å². The molecule has 1 amide bonds. The molecule has 0 aromatic carbocycles. The van der Waals surface area contributed by atoms with E-state index in [1.54, 1.807) is 6.92 Å². The summed E-state index contributed by atoms with van der Waals surface area (Å²) in [4.78, 5) is 40.8. The molecule has 1 aromatic heterocycles. The van der Waals surface area contributed by atoms with Gasteiger partial charge < -0.3 is 19.5 Å². The van der Waals surface area contributed by atoms with E-state index in [4.69, 9.17) is 14.2 Å². The molecule has 1 aliphatic carbocycles. The van der Waals surface area contributed by atoms with Crippen LogP contribution in [0.3, 0.4) is 0 Å². The number of carbonyl (C=O) groups is 3. The van der Waals surface area contributed by atoms with E-state index in [0.717, 1.165) is 12.8 Å². The monoisotopic (exact) mass is 430 g/mol. The molecule has 168 valence electrons. The Hall–Kier alpha value is -3.16. The van der Waals surface area contributed by atoms with Gasteiger partial charge in [-0.25, -0.2) is 9.78 Å². The molecule has 1 N–H and O–H groups in total. The van der Waals surface area contributed by atoms with Crippen LogP contribution in [-0.4, -0.2) is 42.6 Å². The Balaban J connectivity index is 2.02. The van der Waals surface area contributed by atoms with Crippen molar-refractivity contribution in [1.29, 1.82) is 0 Å². The van der Waals surface area contributed by atoms with E-state index in [2.05, 4.69) is 29.4 Å². The number of methoxy groups -OCH3 is 1. The number of nitrogens with one attached hydrogen (secondary N) is 1. The molecule has 8 nitrogen and oxygen atoms in total. The first-order valence-corrected chi connectivity index (χ1v) is 10.4. The maximum Gasteiger partial charge on any atom is 0.328 e. The van der Waals surface area contributed by atoms with Gasteiger partial charge in [-0.15, -0.1) is 0 Å². The average molecular weight is 431 g/mol. The molecule has 1 aromatic rings. The van der Waals surface area contributed by atoms with E-state index in [9.17, 15) is 14.4 Å². The first kappa shape index (κ1) is 24.1. The molecular formula is C23H30N2O6. The molecule has 1 heterocycles. The van der Waals surface area contributed by atoms with Crippen LogP contribution in [0, 0.1) is 5.92 Å². The fourth-order valence-corrected chi connectivity index (χ4v) is 3.17. The number of hydrogen-bond acceptors (Lipinski definition) is 7.